The van der Waals surface area contributed by atoms with Crippen LogP contribution >= 0.6 is 11.9 Å². The lowest BCUT2D eigenvalue weighted by Gasteiger charge is -2.30. The van der Waals surface area contributed by atoms with Crippen molar-refractivity contribution < 1.29 is 28.8 Å². The van der Waals surface area contributed by atoms with E-state index in [4.69, 9.17) is 18.9 Å². The fourth-order valence-electron chi connectivity index (χ4n) is 3.20. The van der Waals surface area contributed by atoms with Gasteiger partial charge in [-0.05, 0) is 44.2 Å². The SMILES string of the molecule is CN(C)Sc1cc(C(=O)O)c(N2CCOCC2)cc1Oc1ccc2c(c1)OCO2. The third-order valence-corrected chi connectivity index (χ3v) is 5.38. The number of nitrogens with zero attached hydrogens (tertiary/aromatic N) is 2. The molecule has 2 aliphatic rings. The number of aromatic carboxylic acids is 1. The maximum absolute atomic E-state index is 11.9. The van der Waals surface area contributed by atoms with Gasteiger partial charge in [-0.3, -0.25) is 4.31 Å². The van der Waals surface area contributed by atoms with E-state index in [9.17, 15) is 9.90 Å². The summed E-state index contributed by atoms with van der Waals surface area (Å²) in [5, 5.41) is 9.79. The van der Waals surface area contributed by atoms with Gasteiger partial charge in [0.05, 0.1) is 29.4 Å². The fourth-order valence-corrected chi connectivity index (χ4v) is 3.96. The first-order valence-electron chi connectivity index (χ1n) is 9.18. The standard InChI is InChI=1S/C20H22N2O6S/c1-21(2)29-19-10-14(20(23)24)15(22-5-7-25-8-6-22)11-18(19)28-13-3-4-16-17(9-13)27-12-26-16/h3-4,9-11H,5-8,12H2,1-2H3,(H,23,24). The van der Waals surface area contributed by atoms with Gasteiger partial charge in [0.15, 0.2) is 11.5 Å². The lowest BCUT2D eigenvalue weighted by Crippen LogP contribution is -2.37. The van der Waals surface area contributed by atoms with Gasteiger partial charge in [0, 0.05) is 25.2 Å². The van der Waals surface area contributed by atoms with Crippen LogP contribution in [-0.2, 0) is 4.74 Å². The van der Waals surface area contributed by atoms with Gasteiger partial charge in [-0.1, -0.05) is 0 Å². The molecule has 1 fully saturated rings. The molecule has 0 unspecified atom stereocenters. The van der Waals surface area contributed by atoms with E-state index in [-0.39, 0.29) is 12.4 Å². The van der Waals surface area contributed by atoms with Crippen LogP contribution in [0.25, 0.3) is 0 Å². The number of carboxylic acids is 1. The fraction of sp³-hybridized carbons (Fsp3) is 0.350. The van der Waals surface area contributed by atoms with Crippen molar-refractivity contribution in [3.63, 3.8) is 0 Å². The Morgan fingerprint density at radius 1 is 1.14 bits per heavy atom. The van der Waals surface area contributed by atoms with Crippen molar-refractivity contribution in [3.8, 4) is 23.0 Å². The maximum atomic E-state index is 11.9. The Labute approximate surface area is 173 Å². The lowest BCUT2D eigenvalue weighted by molar-refractivity contribution is 0.0696. The predicted octanol–water partition coefficient (Wildman–Crippen LogP) is 3.31. The molecule has 0 spiro atoms. The smallest absolute Gasteiger partial charge is 0.337 e. The highest BCUT2D eigenvalue weighted by Gasteiger charge is 2.23. The molecule has 2 aromatic carbocycles. The minimum Gasteiger partial charge on any atom is -0.478 e. The summed E-state index contributed by atoms with van der Waals surface area (Å²) in [5.41, 5.74) is 0.869. The molecule has 1 saturated heterocycles. The normalized spacial score (nSPS) is 15.6. The van der Waals surface area contributed by atoms with Crippen LogP contribution < -0.4 is 19.1 Å². The lowest BCUT2D eigenvalue weighted by atomic mass is 10.1. The molecule has 8 nitrogen and oxygen atoms in total. The van der Waals surface area contributed by atoms with Crippen LogP contribution in [0.15, 0.2) is 35.2 Å². The van der Waals surface area contributed by atoms with Crippen LogP contribution in [0.2, 0.25) is 0 Å². The van der Waals surface area contributed by atoms with E-state index in [1.54, 1.807) is 30.3 Å². The zero-order chi connectivity index (χ0) is 20.4. The summed E-state index contributed by atoms with van der Waals surface area (Å²) < 4.78 is 24.2. The summed E-state index contributed by atoms with van der Waals surface area (Å²) in [6.07, 6.45) is 0. The highest BCUT2D eigenvalue weighted by atomic mass is 32.2. The van der Waals surface area contributed by atoms with Gasteiger partial charge in [-0.15, -0.1) is 0 Å². The van der Waals surface area contributed by atoms with E-state index in [0.717, 1.165) is 0 Å². The molecule has 0 amide bonds. The first kappa shape index (κ1) is 19.7. The summed E-state index contributed by atoms with van der Waals surface area (Å²) in [6, 6.07) is 8.83. The Hall–Kier alpha value is -2.62. The number of fused-ring (bicyclic) bond motifs is 1. The zero-order valence-corrected chi connectivity index (χ0v) is 17.0. The summed E-state index contributed by atoms with van der Waals surface area (Å²) in [6.45, 7) is 2.57. The zero-order valence-electron chi connectivity index (χ0n) is 16.2. The Balaban J connectivity index is 1.74. The third-order valence-electron chi connectivity index (χ3n) is 4.50. The maximum Gasteiger partial charge on any atom is 0.337 e. The van der Waals surface area contributed by atoms with E-state index in [1.807, 2.05) is 23.3 Å². The molecule has 0 aromatic heterocycles. The minimum absolute atomic E-state index is 0.189. The second-order valence-corrected chi connectivity index (χ2v) is 8.09. The molecule has 154 valence electrons. The number of benzene rings is 2. The van der Waals surface area contributed by atoms with Crippen LogP contribution in [0.3, 0.4) is 0 Å². The number of carbonyl (C=O) groups is 1. The predicted molar refractivity (Wildman–Crippen MR) is 109 cm³/mol. The first-order valence-corrected chi connectivity index (χ1v) is 9.95. The van der Waals surface area contributed by atoms with Gasteiger partial charge in [0.1, 0.15) is 11.5 Å². The first-order chi connectivity index (χ1) is 14.0. The van der Waals surface area contributed by atoms with Crippen LogP contribution in [-0.4, -0.2) is 62.6 Å². The number of ether oxygens (including phenoxy) is 4. The summed E-state index contributed by atoms with van der Waals surface area (Å²) >= 11 is 1.40. The van der Waals surface area contributed by atoms with Crippen molar-refractivity contribution in [2.45, 2.75) is 4.90 Å². The minimum atomic E-state index is -0.971. The molecule has 0 atom stereocenters. The van der Waals surface area contributed by atoms with E-state index in [0.29, 0.717) is 59.9 Å². The second-order valence-electron chi connectivity index (χ2n) is 6.74. The molecule has 0 aliphatic carbocycles. The highest BCUT2D eigenvalue weighted by Crippen LogP contribution is 2.42. The Morgan fingerprint density at radius 3 is 2.62 bits per heavy atom. The van der Waals surface area contributed by atoms with Crippen LogP contribution in [0.4, 0.5) is 5.69 Å². The molecule has 0 radical (unpaired) electrons. The number of morpholine rings is 1. The molecular formula is C20H22N2O6S. The average molecular weight is 418 g/mol. The van der Waals surface area contributed by atoms with E-state index in [1.165, 1.54) is 11.9 Å². The largest absolute Gasteiger partial charge is 0.478 e. The van der Waals surface area contributed by atoms with Gasteiger partial charge in [0.25, 0.3) is 0 Å². The van der Waals surface area contributed by atoms with Gasteiger partial charge in [-0.2, -0.15) is 0 Å². The van der Waals surface area contributed by atoms with Crippen molar-refractivity contribution in [2.75, 3.05) is 52.1 Å². The van der Waals surface area contributed by atoms with Crippen LogP contribution in [0.5, 0.6) is 23.0 Å². The topological polar surface area (TPSA) is 80.7 Å². The molecule has 2 aromatic rings. The van der Waals surface area contributed by atoms with Crippen molar-refractivity contribution in [1.29, 1.82) is 0 Å². The molecule has 9 heteroatoms. The van der Waals surface area contributed by atoms with Crippen molar-refractivity contribution in [3.05, 3.63) is 35.9 Å². The highest BCUT2D eigenvalue weighted by molar-refractivity contribution is 7.97. The van der Waals surface area contributed by atoms with E-state index >= 15 is 0 Å². The molecule has 2 aliphatic heterocycles. The van der Waals surface area contributed by atoms with E-state index < -0.39 is 5.97 Å². The monoisotopic (exact) mass is 418 g/mol. The summed E-state index contributed by atoms with van der Waals surface area (Å²) in [5.74, 6) is 1.50. The number of hydrogen-bond donors (Lipinski definition) is 1. The number of anilines is 1. The van der Waals surface area contributed by atoms with Crippen molar-refractivity contribution in [1.82, 2.24) is 4.31 Å². The summed E-state index contributed by atoms with van der Waals surface area (Å²) in [4.78, 5) is 14.7. The quantitative estimate of drug-likeness (QED) is 0.711. The average Bonchev–Trinajstić information content (AvgIpc) is 3.17. The van der Waals surface area contributed by atoms with Gasteiger partial charge < -0.3 is 29.0 Å². The van der Waals surface area contributed by atoms with E-state index in [2.05, 4.69) is 0 Å². The summed E-state index contributed by atoms with van der Waals surface area (Å²) in [7, 11) is 3.79. The molecule has 29 heavy (non-hydrogen) atoms. The van der Waals surface area contributed by atoms with Gasteiger partial charge in [-0.25, -0.2) is 4.79 Å². The van der Waals surface area contributed by atoms with Gasteiger partial charge in [0.2, 0.25) is 6.79 Å². The van der Waals surface area contributed by atoms with Crippen molar-refractivity contribution in [2.24, 2.45) is 0 Å². The molecule has 0 bridgehead atoms. The number of carboxylic acid groups (broad SMARTS) is 1. The molecule has 0 saturated carbocycles. The van der Waals surface area contributed by atoms with Crippen LogP contribution in [0.1, 0.15) is 10.4 Å². The van der Waals surface area contributed by atoms with Gasteiger partial charge >= 0.3 is 5.97 Å². The third kappa shape index (κ3) is 4.36. The van der Waals surface area contributed by atoms with Crippen LogP contribution in [0, 0.1) is 0 Å². The number of hydrogen-bond acceptors (Lipinski definition) is 8. The van der Waals surface area contributed by atoms with Crippen molar-refractivity contribution >= 4 is 23.6 Å². The molecular weight excluding hydrogens is 396 g/mol. The molecule has 4 rings (SSSR count). The second kappa shape index (κ2) is 8.40. The Bertz CT molecular complexity index is 914. The Morgan fingerprint density at radius 2 is 1.90 bits per heavy atom. The molecule has 2 heterocycles. The Kier molecular flexibility index (Phi) is 5.70. The molecule has 1 N–H and O–H groups in total. The number of rotatable bonds is 6.